The predicted molar refractivity (Wildman–Crippen MR) is 142 cm³/mol. The van der Waals surface area contributed by atoms with E-state index < -0.39 is 6.10 Å². The summed E-state index contributed by atoms with van der Waals surface area (Å²) in [6.07, 6.45) is 2.20. The van der Waals surface area contributed by atoms with E-state index in [0.717, 1.165) is 67.2 Å². The van der Waals surface area contributed by atoms with Gasteiger partial charge in [-0.05, 0) is 31.0 Å². The Kier molecular flexibility index (Phi) is 9.39. The average Bonchev–Trinajstić information content (AvgIpc) is 2.89. The fourth-order valence-corrected chi connectivity index (χ4v) is 4.58. The Labute approximate surface area is 213 Å². The minimum atomic E-state index is -0.483. The summed E-state index contributed by atoms with van der Waals surface area (Å²) in [5.41, 5.74) is 3.81. The standard InChI is InChI=1S/C29H37FN4O2/c1-3-4-17-36-21-26(35)20-33-13-15-34(16-14-33)29-27(19-23-9-8-12-25(30)18-23)22(2)31-28(32-29)24-10-6-5-7-11-24/h5-12,18,26,35H,3-4,13-17,19-21H2,1-2H3. The van der Waals surface area contributed by atoms with Crippen LogP contribution in [0.25, 0.3) is 11.4 Å². The van der Waals surface area contributed by atoms with Gasteiger partial charge in [-0.2, -0.15) is 0 Å². The zero-order chi connectivity index (χ0) is 25.3. The minimum Gasteiger partial charge on any atom is -0.389 e. The van der Waals surface area contributed by atoms with Gasteiger partial charge < -0.3 is 14.7 Å². The van der Waals surface area contributed by atoms with Crippen LogP contribution in [0.15, 0.2) is 54.6 Å². The molecule has 7 heteroatoms. The summed E-state index contributed by atoms with van der Waals surface area (Å²) in [5, 5.41) is 10.4. The third kappa shape index (κ3) is 7.09. The summed E-state index contributed by atoms with van der Waals surface area (Å²) in [7, 11) is 0. The summed E-state index contributed by atoms with van der Waals surface area (Å²) in [6, 6.07) is 16.7. The molecule has 0 aliphatic carbocycles. The van der Waals surface area contributed by atoms with Crippen LogP contribution in [0.4, 0.5) is 10.2 Å². The normalized spacial score (nSPS) is 15.3. The van der Waals surface area contributed by atoms with Gasteiger partial charge in [-0.15, -0.1) is 0 Å². The molecule has 6 nitrogen and oxygen atoms in total. The van der Waals surface area contributed by atoms with Crippen LogP contribution < -0.4 is 4.90 Å². The third-order valence-corrected chi connectivity index (χ3v) is 6.59. The van der Waals surface area contributed by atoms with Gasteiger partial charge in [-0.25, -0.2) is 14.4 Å². The van der Waals surface area contributed by atoms with Crippen LogP contribution >= 0.6 is 0 Å². The van der Waals surface area contributed by atoms with E-state index in [-0.39, 0.29) is 5.82 Å². The highest BCUT2D eigenvalue weighted by atomic mass is 19.1. The van der Waals surface area contributed by atoms with Gasteiger partial charge in [-0.1, -0.05) is 55.8 Å². The average molecular weight is 493 g/mol. The molecule has 2 aromatic carbocycles. The Balaban J connectivity index is 1.51. The number of aliphatic hydroxyl groups excluding tert-OH is 1. The van der Waals surface area contributed by atoms with E-state index in [1.165, 1.54) is 6.07 Å². The first-order chi connectivity index (χ1) is 17.5. The molecule has 36 heavy (non-hydrogen) atoms. The maximum absolute atomic E-state index is 13.9. The highest BCUT2D eigenvalue weighted by molar-refractivity contribution is 5.61. The first kappa shape index (κ1) is 26.2. The van der Waals surface area contributed by atoms with E-state index in [9.17, 15) is 9.50 Å². The smallest absolute Gasteiger partial charge is 0.161 e. The number of nitrogens with zero attached hydrogens (tertiary/aromatic N) is 4. The van der Waals surface area contributed by atoms with Crippen molar-refractivity contribution in [3.05, 3.63) is 77.2 Å². The number of ether oxygens (including phenoxy) is 1. The first-order valence-electron chi connectivity index (χ1n) is 12.9. The van der Waals surface area contributed by atoms with Crippen molar-refractivity contribution in [3.63, 3.8) is 0 Å². The molecule has 1 aromatic heterocycles. The van der Waals surface area contributed by atoms with Gasteiger partial charge in [0, 0.05) is 62.6 Å². The zero-order valence-corrected chi connectivity index (χ0v) is 21.4. The predicted octanol–water partition coefficient (Wildman–Crippen LogP) is 4.48. The number of rotatable bonds is 11. The highest BCUT2D eigenvalue weighted by Gasteiger charge is 2.24. The van der Waals surface area contributed by atoms with Crippen molar-refractivity contribution in [2.75, 3.05) is 50.8 Å². The maximum atomic E-state index is 13.9. The number of anilines is 1. The number of benzene rings is 2. The lowest BCUT2D eigenvalue weighted by Crippen LogP contribution is -2.49. The number of aromatic nitrogens is 2. The third-order valence-electron chi connectivity index (χ3n) is 6.59. The number of β-amino-alcohol motifs (C(OH)–C–C–N with tert-alkyl or cyclic N) is 1. The molecule has 2 heterocycles. The second-order valence-electron chi connectivity index (χ2n) is 9.48. The van der Waals surface area contributed by atoms with E-state index in [1.54, 1.807) is 12.1 Å². The summed E-state index contributed by atoms with van der Waals surface area (Å²) >= 11 is 0. The van der Waals surface area contributed by atoms with Gasteiger partial charge in [0.1, 0.15) is 11.6 Å². The molecule has 3 aromatic rings. The number of halogens is 1. The fraction of sp³-hybridized carbons (Fsp3) is 0.448. The van der Waals surface area contributed by atoms with Crippen molar-refractivity contribution < 1.29 is 14.2 Å². The number of unbranched alkanes of at least 4 members (excludes halogenated alkanes) is 1. The molecule has 1 N–H and O–H groups in total. The van der Waals surface area contributed by atoms with Gasteiger partial charge in [0.05, 0.1) is 12.7 Å². The maximum Gasteiger partial charge on any atom is 0.161 e. The molecule has 4 rings (SSSR count). The van der Waals surface area contributed by atoms with Crippen LogP contribution in [0.3, 0.4) is 0 Å². The molecular weight excluding hydrogens is 455 g/mol. The lowest BCUT2D eigenvalue weighted by atomic mass is 10.0. The van der Waals surface area contributed by atoms with E-state index in [2.05, 4.69) is 16.7 Å². The molecule has 0 amide bonds. The summed E-state index contributed by atoms with van der Waals surface area (Å²) < 4.78 is 19.5. The molecule has 1 fully saturated rings. The summed E-state index contributed by atoms with van der Waals surface area (Å²) in [5.74, 6) is 1.38. The molecule has 1 saturated heterocycles. The Morgan fingerprint density at radius 2 is 1.81 bits per heavy atom. The minimum absolute atomic E-state index is 0.237. The van der Waals surface area contributed by atoms with Gasteiger partial charge in [0.2, 0.25) is 0 Å². The number of aliphatic hydroxyl groups is 1. The summed E-state index contributed by atoms with van der Waals surface area (Å²) in [4.78, 5) is 14.4. The molecule has 1 aliphatic heterocycles. The molecule has 0 radical (unpaired) electrons. The Morgan fingerprint density at radius 1 is 1.03 bits per heavy atom. The lowest BCUT2D eigenvalue weighted by molar-refractivity contribution is 0.0150. The monoisotopic (exact) mass is 492 g/mol. The van der Waals surface area contributed by atoms with Crippen molar-refractivity contribution in [2.45, 2.75) is 39.2 Å². The van der Waals surface area contributed by atoms with Gasteiger partial charge in [0.25, 0.3) is 0 Å². The number of hydrogen-bond donors (Lipinski definition) is 1. The molecule has 1 unspecified atom stereocenters. The van der Waals surface area contributed by atoms with Crippen LogP contribution in [0.2, 0.25) is 0 Å². The van der Waals surface area contributed by atoms with Crippen molar-refractivity contribution >= 4 is 5.82 Å². The SMILES string of the molecule is CCCCOCC(O)CN1CCN(c2nc(-c3ccccc3)nc(C)c2Cc2cccc(F)c2)CC1. The number of piperazine rings is 1. The number of hydrogen-bond acceptors (Lipinski definition) is 6. The van der Waals surface area contributed by atoms with Crippen molar-refractivity contribution in [1.82, 2.24) is 14.9 Å². The quantitative estimate of drug-likeness (QED) is 0.398. The Hall–Kier alpha value is -2.87. The molecule has 1 atom stereocenters. The number of aryl methyl sites for hydroxylation is 1. The van der Waals surface area contributed by atoms with Gasteiger partial charge in [0.15, 0.2) is 5.82 Å². The Morgan fingerprint density at radius 3 is 2.53 bits per heavy atom. The van der Waals surface area contributed by atoms with E-state index in [4.69, 9.17) is 14.7 Å². The van der Waals surface area contributed by atoms with Gasteiger partial charge in [-0.3, -0.25) is 4.90 Å². The van der Waals surface area contributed by atoms with Crippen LogP contribution in [-0.2, 0) is 11.2 Å². The second-order valence-corrected chi connectivity index (χ2v) is 9.48. The molecular formula is C29H37FN4O2. The molecule has 192 valence electrons. The molecule has 1 aliphatic rings. The summed E-state index contributed by atoms with van der Waals surface area (Å²) in [6.45, 7) is 9.07. The van der Waals surface area contributed by atoms with Crippen molar-refractivity contribution in [3.8, 4) is 11.4 Å². The lowest BCUT2D eigenvalue weighted by Gasteiger charge is -2.37. The van der Waals surface area contributed by atoms with Crippen LogP contribution in [-0.4, -0.2) is 72.0 Å². The second kappa shape index (κ2) is 12.9. The van der Waals surface area contributed by atoms with Crippen LogP contribution in [0, 0.1) is 12.7 Å². The van der Waals surface area contributed by atoms with E-state index in [1.807, 2.05) is 43.3 Å². The highest BCUT2D eigenvalue weighted by Crippen LogP contribution is 2.28. The van der Waals surface area contributed by atoms with Crippen LogP contribution in [0.1, 0.15) is 36.6 Å². The largest absolute Gasteiger partial charge is 0.389 e. The topological polar surface area (TPSA) is 61.7 Å². The van der Waals surface area contributed by atoms with E-state index >= 15 is 0 Å². The van der Waals surface area contributed by atoms with E-state index in [0.29, 0.717) is 32.0 Å². The Bertz CT molecular complexity index is 1100. The first-order valence-corrected chi connectivity index (χ1v) is 12.9. The fourth-order valence-electron chi connectivity index (χ4n) is 4.58. The zero-order valence-electron chi connectivity index (χ0n) is 21.4. The van der Waals surface area contributed by atoms with Gasteiger partial charge >= 0.3 is 0 Å². The molecule has 0 spiro atoms. The van der Waals surface area contributed by atoms with Crippen LogP contribution in [0.5, 0.6) is 0 Å². The molecule has 0 bridgehead atoms. The van der Waals surface area contributed by atoms with Crippen molar-refractivity contribution in [1.29, 1.82) is 0 Å². The van der Waals surface area contributed by atoms with Crippen molar-refractivity contribution in [2.24, 2.45) is 0 Å². The molecule has 0 saturated carbocycles.